The molecule has 0 radical (unpaired) electrons. The Morgan fingerprint density at radius 3 is 2.60 bits per heavy atom. The molecule has 110 valence electrons. The average Bonchev–Trinajstić information content (AvgIpc) is 2.38. The van der Waals surface area contributed by atoms with Gasteiger partial charge in [-0.25, -0.2) is 0 Å². The number of aliphatic hydroxyl groups is 1. The fraction of sp³-hybridized carbons (Fsp3) is 0.500. The van der Waals surface area contributed by atoms with Gasteiger partial charge < -0.3 is 10.4 Å². The van der Waals surface area contributed by atoms with Crippen LogP contribution in [0.25, 0.3) is 0 Å². The number of carbonyl (C=O) groups excluding carboxylic acids is 1. The maximum atomic E-state index is 11.7. The molecule has 0 aliphatic carbocycles. The van der Waals surface area contributed by atoms with E-state index in [4.69, 9.17) is 0 Å². The molecular weight excluding hydrogens is 260 g/mol. The van der Waals surface area contributed by atoms with Gasteiger partial charge in [-0.15, -0.1) is 0 Å². The quantitative estimate of drug-likeness (QED) is 0.618. The monoisotopic (exact) mass is 280 g/mol. The van der Waals surface area contributed by atoms with Crippen molar-refractivity contribution in [3.63, 3.8) is 0 Å². The summed E-state index contributed by atoms with van der Waals surface area (Å²) < 4.78 is 0. The van der Waals surface area contributed by atoms with Gasteiger partial charge in [-0.05, 0) is 18.4 Å². The summed E-state index contributed by atoms with van der Waals surface area (Å²) in [4.78, 5) is 22.2. The Balaban J connectivity index is 2.80. The molecule has 1 amide bonds. The second kappa shape index (κ2) is 7.00. The molecule has 0 aliphatic heterocycles. The minimum Gasteiger partial charge on any atom is -0.392 e. The van der Waals surface area contributed by atoms with Gasteiger partial charge >= 0.3 is 0 Å². The molecule has 0 aliphatic rings. The lowest BCUT2D eigenvalue weighted by molar-refractivity contribution is -0.385. The van der Waals surface area contributed by atoms with Crippen LogP contribution in [-0.4, -0.2) is 22.0 Å². The van der Waals surface area contributed by atoms with Gasteiger partial charge in [0.15, 0.2) is 0 Å². The molecule has 6 heteroatoms. The summed E-state index contributed by atoms with van der Waals surface area (Å²) in [5.41, 5.74) is 0.986. The number of anilines is 1. The molecule has 6 nitrogen and oxygen atoms in total. The summed E-state index contributed by atoms with van der Waals surface area (Å²) in [6.07, 6.45) is -0.197. The number of aryl methyl sites for hydroxylation is 1. The van der Waals surface area contributed by atoms with E-state index in [0.29, 0.717) is 17.7 Å². The Labute approximate surface area is 118 Å². The molecule has 0 spiro atoms. The summed E-state index contributed by atoms with van der Waals surface area (Å²) in [5, 5.41) is 23.1. The average molecular weight is 280 g/mol. The largest absolute Gasteiger partial charge is 0.392 e. The van der Waals surface area contributed by atoms with Crippen molar-refractivity contribution in [1.29, 1.82) is 0 Å². The molecule has 0 saturated heterocycles. The van der Waals surface area contributed by atoms with Crippen molar-refractivity contribution in [2.24, 2.45) is 5.92 Å². The lowest BCUT2D eigenvalue weighted by atomic mass is 10.0. The lowest BCUT2D eigenvalue weighted by Gasteiger charge is -2.14. The highest BCUT2D eigenvalue weighted by atomic mass is 16.6. The number of rotatable bonds is 6. The van der Waals surface area contributed by atoms with Gasteiger partial charge in [-0.1, -0.05) is 26.8 Å². The third-order valence-corrected chi connectivity index (χ3v) is 3.11. The van der Waals surface area contributed by atoms with E-state index >= 15 is 0 Å². The van der Waals surface area contributed by atoms with E-state index in [1.54, 1.807) is 12.1 Å². The first-order valence-electron chi connectivity index (χ1n) is 6.60. The van der Waals surface area contributed by atoms with Crippen molar-refractivity contribution in [3.8, 4) is 0 Å². The Morgan fingerprint density at radius 2 is 2.10 bits per heavy atom. The maximum absolute atomic E-state index is 11.7. The van der Waals surface area contributed by atoms with Crippen molar-refractivity contribution in [2.75, 3.05) is 5.32 Å². The maximum Gasteiger partial charge on any atom is 0.274 e. The first kappa shape index (κ1) is 16.1. The van der Waals surface area contributed by atoms with Gasteiger partial charge in [0.05, 0.1) is 17.4 Å². The third kappa shape index (κ3) is 4.31. The van der Waals surface area contributed by atoms with E-state index in [0.717, 1.165) is 0 Å². The van der Waals surface area contributed by atoms with E-state index in [1.165, 1.54) is 6.07 Å². The number of carbonyl (C=O) groups is 1. The van der Waals surface area contributed by atoms with Crippen molar-refractivity contribution in [3.05, 3.63) is 33.9 Å². The number of hydrogen-bond donors (Lipinski definition) is 2. The zero-order valence-electron chi connectivity index (χ0n) is 11.9. The van der Waals surface area contributed by atoms with Crippen LogP contribution in [0.4, 0.5) is 11.4 Å². The molecule has 20 heavy (non-hydrogen) atoms. The van der Waals surface area contributed by atoms with E-state index in [-0.39, 0.29) is 23.9 Å². The predicted molar refractivity (Wildman–Crippen MR) is 76.6 cm³/mol. The summed E-state index contributed by atoms with van der Waals surface area (Å²) in [6, 6.07) is 4.61. The number of benzene rings is 1. The van der Waals surface area contributed by atoms with Crippen molar-refractivity contribution >= 4 is 17.3 Å². The van der Waals surface area contributed by atoms with Crippen LogP contribution in [-0.2, 0) is 11.2 Å². The first-order chi connectivity index (χ1) is 9.35. The van der Waals surface area contributed by atoms with Gasteiger partial charge in [0, 0.05) is 17.3 Å². The van der Waals surface area contributed by atoms with Crippen molar-refractivity contribution < 1.29 is 14.8 Å². The van der Waals surface area contributed by atoms with Crippen LogP contribution in [0.2, 0.25) is 0 Å². The molecular formula is C14H20N2O4. The normalized spacial score (nSPS) is 12.2. The highest BCUT2D eigenvalue weighted by Gasteiger charge is 2.17. The van der Waals surface area contributed by atoms with Crippen LogP contribution in [0.3, 0.4) is 0 Å². The van der Waals surface area contributed by atoms with Crippen LogP contribution in [0, 0.1) is 16.0 Å². The number of nitro groups is 1. The summed E-state index contributed by atoms with van der Waals surface area (Å²) in [7, 11) is 0. The fourth-order valence-electron chi connectivity index (χ4n) is 1.75. The number of amides is 1. The Morgan fingerprint density at radius 1 is 1.45 bits per heavy atom. The highest BCUT2D eigenvalue weighted by Crippen LogP contribution is 2.24. The van der Waals surface area contributed by atoms with Gasteiger partial charge in [0.25, 0.3) is 5.69 Å². The molecule has 0 saturated carbocycles. The second-order valence-corrected chi connectivity index (χ2v) is 5.02. The van der Waals surface area contributed by atoms with Crippen LogP contribution < -0.4 is 5.32 Å². The molecule has 0 fully saturated rings. The number of nitro benzene ring substituents is 1. The van der Waals surface area contributed by atoms with Crippen LogP contribution in [0.15, 0.2) is 18.2 Å². The van der Waals surface area contributed by atoms with Gasteiger partial charge in [0.1, 0.15) is 0 Å². The molecule has 1 atom stereocenters. The minimum absolute atomic E-state index is 0.00490. The Bertz CT molecular complexity index is 500. The molecule has 1 aromatic carbocycles. The van der Waals surface area contributed by atoms with Crippen molar-refractivity contribution in [2.45, 2.75) is 39.7 Å². The summed E-state index contributed by atoms with van der Waals surface area (Å²) in [6.45, 7) is 5.47. The van der Waals surface area contributed by atoms with E-state index in [2.05, 4.69) is 5.32 Å². The van der Waals surface area contributed by atoms with E-state index in [9.17, 15) is 20.0 Å². The molecule has 1 unspecified atom stereocenters. The van der Waals surface area contributed by atoms with Crippen LogP contribution in [0.1, 0.15) is 32.8 Å². The first-order valence-corrected chi connectivity index (χ1v) is 6.60. The van der Waals surface area contributed by atoms with E-state index < -0.39 is 11.0 Å². The molecule has 0 bridgehead atoms. The number of nitrogens with one attached hydrogen (secondary N) is 1. The summed E-state index contributed by atoms with van der Waals surface area (Å²) >= 11 is 0. The highest BCUT2D eigenvalue weighted by molar-refractivity contribution is 5.91. The number of aliphatic hydroxyl groups excluding tert-OH is 1. The smallest absolute Gasteiger partial charge is 0.274 e. The minimum atomic E-state index is -0.722. The molecule has 0 heterocycles. The van der Waals surface area contributed by atoms with Gasteiger partial charge in [-0.2, -0.15) is 0 Å². The van der Waals surface area contributed by atoms with Gasteiger partial charge in [-0.3, -0.25) is 14.9 Å². The predicted octanol–water partition coefficient (Wildman–Crippen LogP) is 2.50. The van der Waals surface area contributed by atoms with Gasteiger partial charge in [0.2, 0.25) is 5.91 Å². The molecule has 1 aromatic rings. The molecule has 1 rings (SSSR count). The molecule has 0 aromatic heterocycles. The number of hydrogen-bond acceptors (Lipinski definition) is 4. The summed E-state index contributed by atoms with van der Waals surface area (Å²) in [5.74, 6) is -0.373. The standard InChI is InChI=1S/C14H20N2O4/c1-4-10-5-6-11(7-12(10)16(19)20)15-14(18)8-13(17)9(2)3/h5-7,9,13,17H,4,8H2,1-3H3,(H,15,18). The number of nitrogens with zero attached hydrogens (tertiary/aromatic N) is 1. The third-order valence-electron chi connectivity index (χ3n) is 3.11. The SMILES string of the molecule is CCc1ccc(NC(=O)CC(O)C(C)C)cc1[N+](=O)[O-]. The zero-order chi connectivity index (χ0) is 15.3. The molecule has 2 N–H and O–H groups in total. The van der Waals surface area contributed by atoms with Crippen LogP contribution in [0.5, 0.6) is 0 Å². The second-order valence-electron chi connectivity index (χ2n) is 5.02. The lowest BCUT2D eigenvalue weighted by Crippen LogP contribution is -2.23. The van der Waals surface area contributed by atoms with Crippen LogP contribution >= 0.6 is 0 Å². The Kier molecular flexibility index (Phi) is 5.64. The zero-order valence-corrected chi connectivity index (χ0v) is 11.9. The Hall–Kier alpha value is -1.95. The topological polar surface area (TPSA) is 92.5 Å². The van der Waals surface area contributed by atoms with Crippen molar-refractivity contribution in [1.82, 2.24) is 0 Å². The van der Waals surface area contributed by atoms with E-state index in [1.807, 2.05) is 20.8 Å². The fourth-order valence-corrected chi connectivity index (χ4v) is 1.75.